The Balaban J connectivity index is 2.41. The Morgan fingerprint density at radius 2 is 1.67 bits per heavy atom. The molecule has 5 nitrogen and oxygen atoms in total. The van der Waals surface area contributed by atoms with E-state index in [1.54, 1.807) is 24.3 Å². The highest BCUT2D eigenvalue weighted by Gasteiger charge is 2.12. The second-order valence-corrected chi connectivity index (χ2v) is 3.56. The molecule has 0 aliphatic heterocycles. The smallest absolute Gasteiger partial charge is 0.194 e. The molecule has 0 N–H and O–H groups in total. The Bertz CT molecular complexity index is 533. The van der Waals surface area contributed by atoms with Crippen LogP contribution in [0.1, 0.15) is 15.9 Å². The van der Waals surface area contributed by atoms with Gasteiger partial charge in [-0.3, -0.25) is 4.79 Å². The second-order valence-electron chi connectivity index (χ2n) is 3.56. The number of methoxy groups -OCH3 is 2. The Morgan fingerprint density at radius 1 is 1.00 bits per heavy atom. The summed E-state index contributed by atoms with van der Waals surface area (Å²) in [4.78, 5) is 12.2. The topological polar surface area (TPSA) is 61.3 Å². The standard InChI is InChI=1S/C13H12N2O3/c1-17-11-5-10(6-12(7-11)18-2)13(16)9-3-4-14-15-8-9/h3-8H,1-2H3. The second kappa shape index (κ2) is 5.27. The van der Waals surface area contributed by atoms with Gasteiger partial charge in [0.2, 0.25) is 0 Å². The molecule has 0 aliphatic rings. The van der Waals surface area contributed by atoms with Crippen molar-refractivity contribution in [3.63, 3.8) is 0 Å². The van der Waals surface area contributed by atoms with Crippen LogP contribution in [-0.2, 0) is 0 Å². The van der Waals surface area contributed by atoms with E-state index >= 15 is 0 Å². The zero-order valence-corrected chi connectivity index (χ0v) is 10.1. The molecule has 1 aromatic carbocycles. The first-order valence-corrected chi connectivity index (χ1v) is 5.29. The molecule has 0 aliphatic carbocycles. The summed E-state index contributed by atoms with van der Waals surface area (Å²) in [6.45, 7) is 0. The quantitative estimate of drug-likeness (QED) is 0.766. The predicted octanol–water partition coefficient (Wildman–Crippen LogP) is 1.72. The van der Waals surface area contributed by atoms with Crippen molar-refractivity contribution in [2.24, 2.45) is 0 Å². The Hall–Kier alpha value is -2.43. The zero-order valence-electron chi connectivity index (χ0n) is 10.1. The van der Waals surface area contributed by atoms with Gasteiger partial charge in [0, 0.05) is 17.2 Å². The van der Waals surface area contributed by atoms with Gasteiger partial charge in [0.15, 0.2) is 5.78 Å². The number of carbonyl (C=O) groups is 1. The van der Waals surface area contributed by atoms with E-state index in [0.717, 1.165) is 0 Å². The molecule has 0 saturated heterocycles. The first-order valence-electron chi connectivity index (χ1n) is 5.29. The minimum Gasteiger partial charge on any atom is -0.497 e. The van der Waals surface area contributed by atoms with Crippen LogP contribution < -0.4 is 9.47 Å². The molecule has 0 fully saturated rings. The van der Waals surface area contributed by atoms with Crippen molar-refractivity contribution in [2.75, 3.05) is 14.2 Å². The molecule has 5 heteroatoms. The third-order valence-electron chi connectivity index (χ3n) is 2.46. The van der Waals surface area contributed by atoms with Crippen LogP contribution in [0.2, 0.25) is 0 Å². The fraction of sp³-hybridized carbons (Fsp3) is 0.154. The number of aromatic nitrogens is 2. The van der Waals surface area contributed by atoms with Crippen molar-refractivity contribution in [3.8, 4) is 11.5 Å². The van der Waals surface area contributed by atoms with Gasteiger partial charge >= 0.3 is 0 Å². The molecule has 2 aromatic rings. The van der Waals surface area contributed by atoms with Gasteiger partial charge in [-0.1, -0.05) is 0 Å². The van der Waals surface area contributed by atoms with Crippen LogP contribution in [0.5, 0.6) is 11.5 Å². The van der Waals surface area contributed by atoms with E-state index in [4.69, 9.17) is 9.47 Å². The van der Waals surface area contributed by atoms with E-state index in [-0.39, 0.29) is 5.78 Å². The summed E-state index contributed by atoms with van der Waals surface area (Å²) in [5.74, 6) is 0.988. The molecule has 92 valence electrons. The zero-order chi connectivity index (χ0) is 13.0. The van der Waals surface area contributed by atoms with Gasteiger partial charge in [0.05, 0.1) is 26.6 Å². The minimum atomic E-state index is -0.151. The fourth-order valence-corrected chi connectivity index (χ4v) is 1.53. The molecule has 1 aromatic heterocycles. The lowest BCUT2D eigenvalue weighted by molar-refractivity contribution is 0.103. The predicted molar refractivity (Wildman–Crippen MR) is 65.0 cm³/mol. The molecular weight excluding hydrogens is 232 g/mol. The lowest BCUT2D eigenvalue weighted by Crippen LogP contribution is -2.03. The van der Waals surface area contributed by atoms with E-state index in [0.29, 0.717) is 22.6 Å². The molecule has 18 heavy (non-hydrogen) atoms. The van der Waals surface area contributed by atoms with Crippen molar-refractivity contribution < 1.29 is 14.3 Å². The molecule has 0 atom stereocenters. The van der Waals surface area contributed by atoms with Crippen molar-refractivity contribution >= 4 is 5.78 Å². The molecule has 0 bridgehead atoms. The highest BCUT2D eigenvalue weighted by atomic mass is 16.5. The molecule has 0 radical (unpaired) electrons. The Kier molecular flexibility index (Phi) is 3.52. The average molecular weight is 244 g/mol. The number of rotatable bonds is 4. The van der Waals surface area contributed by atoms with E-state index < -0.39 is 0 Å². The number of nitrogens with zero attached hydrogens (tertiary/aromatic N) is 2. The van der Waals surface area contributed by atoms with E-state index in [9.17, 15) is 4.79 Å². The molecule has 0 unspecified atom stereocenters. The lowest BCUT2D eigenvalue weighted by Gasteiger charge is -2.07. The summed E-state index contributed by atoms with van der Waals surface area (Å²) in [6, 6.07) is 6.64. The van der Waals surface area contributed by atoms with Crippen LogP contribution >= 0.6 is 0 Å². The highest BCUT2D eigenvalue weighted by Crippen LogP contribution is 2.23. The van der Waals surface area contributed by atoms with Gasteiger partial charge in [-0.15, -0.1) is 0 Å². The van der Waals surface area contributed by atoms with Crippen molar-refractivity contribution in [2.45, 2.75) is 0 Å². The average Bonchev–Trinajstić information content (AvgIpc) is 2.46. The van der Waals surface area contributed by atoms with Gasteiger partial charge in [0.1, 0.15) is 11.5 Å². The van der Waals surface area contributed by atoms with Crippen LogP contribution in [0, 0.1) is 0 Å². The number of carbonyl (C=O) groups excluding carboxylic acids is 1. The van der Waals surface area contributed by atoms with Gasteiger partial charge in [-0.2, -0.15) is 10.2 Å². The van der Waals surface area contributed by atoms with E-state index in [1.165, 1.54) is 26.6 Å². The largest absolute Gasteiger partial charge is 0.497 e. The van der Waals surface area contributed by atoms with Crippen molar-refractivity contribution in [1.29, 1.82) is 0 Å². The van der Waals surface area contributed by atoms with Gasteiger partial charge < -0.3 is 9.47 Å². The summed E-state index contributed by atoms with van der Waals surface area (Å²) >= 11 is 0. The monoisotopic (exact) mass is 244 g/mol. The maximum Gasteiger partial charge on any atom is 0.194 e. The Labute approximate surface area is 104 Å². The summed E-state index contributed by atoms with van der Waals surface area (Å²) in [5.41, 5.74) is 0.958. The molecule has 0 saturated carbocycles. The molecule has 1 heterocycles. The van der Waals surface area contributed by atoms with Gasteiger partial charge in [-0.05, 0) is 18.2 Å². The molecule has 0 amide bonds. The van der Waals surface area contributed by atoms with Gasteiger partial charge in [0.25, 0.3) is 0 Å². The summed E-state index contributed by atoms with van der Waals surface area (Å²) in [7, 11) is 3.08. The third kappa shape index (κ3) is 2.45. The maximum atomic E-state index is 12.2. The molecule has 2 rings (SSSR count). The minimum absolute atomic E-state index is 0.151. The van der Waals surface area contributed by atoms with E-state index in [1.807, 2.05) is 0 Å². The first-order chi connectivity index (χ1) is 8.74. The highest BCUT2D eigenvalue weighted by molar-refractivity contribution is 6.09. The third-order valence-corrected chi connectivity index (χ3v) is 2.46. The lowest BCUT2D eigenvalue weighted by atomic mass is 10.0. The summed E-state index contributed by atoms with van der Waals surface area (Å²) in [5, 5.41) is 7.32. The number of ketones is 1. The van der Waals surface area contributed by atoms with E-state index in [2.05, 4.69) is 10.2 Å². The fourth-order valence-electron chi connectivity index (χ4n) is 1.53. The number of hydrogen-bond donors (Lipinski definition) is 0. The van der Waals surface area contributed by atoms with Crippen LogP contribution in [0.4, 0.5) is 0 Å². The number of ether oxygens (including phenoxy) is 2. The van der Waals surface area contributed by atoms with Crippen LogP contribution in [-0.4, -0.2) is 30.2 Å². The molecule has 0 spiro atoms. The van der Waals surface area contributed by atoms with Crippen LogP contribution in [0.15, 0.2) is 36.7 Å². The van der Waals surface area contributed by atoms with Crippen molar-refractivity contribution in [3.05, 3.63) is 47.8 Å². The number of hydrogen-bond acceptors (Lipinski definition) is 5. The van der Waals surface area contributed by atoms with Crippen molar-refractivity contribution in [1.82, 2.24) is 10.2 Å². The van der Waals surface area contributed by atoms with Crippen LogP contribution in [0.3, 0.4) is 0 Å². The number of benzene rings is 1. The summed E-state index contributed by atoms with van der Waals surface area (Å²) in [6.07, 6.45) is 2.90. The van der Waals surface area contributed by atoms with Crippen LogP contribution in [0.25, 0.3) is 0 Å². The normalized spacial score (nSPS) is 9.89. The van der Waals surface area contributed by atoms with Gasteiger partial charge in [-0.25, -0.2) is 0 Å². The Morgan fingerprint density at radius 3 is 2.17 bits per heavy atom. The first kappa shape index (κ1) is 12.0. The SMILES string of the molecule is COc1cc(OC)cc(C(=O)c2ccnnc2)c1. The maximum absolute atomic E-state index is 12.2. The summed E-state index contributed by atoms with van der Waals surface area (Å²) < 4.78 is 10.2. The molecular formula is C13H12N2O3.